The van der Waals surface area contributed by atoms with E-state index in [4.69, 9.17) is 9.47 Å². The van der Waals surface area contributed by atoms with Gasteiger partial charge in [-0.25, -0.2) is 0 Å². The van der Waals surface area contributed by atoms with E-state index in [9.17, 15) is 9.59 Å². The Balaban J connectivity index is 1.39. The van der Waals surface area contributed by atoms with Crippen LogP contribution in [0.5, 0.6) is 11.5 Å². The van der Waals surface area contributed by atoms with E-state index in [2.05, 4.69) is 5.32 Å². The van der Waals surface area contributed by atoms with Gasteiger partial charge in [-0.2, -0.15) is 0 Å². The van der Waals surface area contributed by atoms with E-state index in [1.54, 1.807) is 13.2 Å². The van der Waals surface area contributed by atoms with E-state index in [1.165, 1.54) is 19.3 Å². The number of methoxy groups -OCH3 is 1. The number of hydrogen-bond donors (Lipinski definition) is 1. The third-order valence-corrected chi connectivity index (χ3v) is 5.57. The topological polar surface area (TPSA) is 67.9 Å². The zero-order chi connectivity index (χ0) is 19.1. The lowest BCUT2D eigenvalue weighted by atomic mass is 9.88. The fraction of sp³-hybridized carbons (Fsp3) is 0.619. The van der Waals surface area contributed by atoms with Gasteiger partial charge in [0.25, 0.3) is 5.91 Å². The number of amides is 2. The summed E-state index contributed by atoms with van der Waals surface area (Å²) >= 11 is 0. The maximum absolute atomic E-state index is 12.4. The van der Waals surface area contributed by atoms with Gasteiger partial charge < -0.3 is 19.7 Å². The van der Waals surface area contributed by atoms with Crippen molar-refractivity contribution in [2.45, 2.75) is 51.0 Å². The number of nitrogens with one attached hydrogen (secondary N) is 1. The summed E-state index contributed by atoms with van der Waals surface area (Å²) in [5.41, 5.74) is 0. The minimum atomic E-state index is -0.0186. The molecule has 148 valence electrons. The molecule has 0 aromatic heterocycles. The lowest BCUT2D eigenvalue weighted by molar-refractivity contribution is -0.134. The lowest BCUT2D eigenvalue weighted by Crippen LogP contribution is -2.48. The highest BCUT2D eigenvalue weighted by Crippen LogP contribution is 2.24. The Labute approximate surface area is 161 Å². The van der Waals surface area contributed by atoms with Crippen LogP contribution in [0.2, 0.25) is 0 Å². The van der Waals surface area contributed by atoms with Crippen molar-refractivity contribution in [1.29, 1.82) is 0 Å². The smallest absolute Gasteiger partial charge is 0.260 e. The highest BCUT2D eigenvalue weighted by Gasteiger charge is 2.27. The van der Waals surface area contributed by atoms with Crippen molar-refractivity contribution in [3.8, 4) is 11.5 Å². The van der Waals surface area contributed by atoms with Crippen LogP contribution in [-0.4, -0.2) is 49.6 Å². The number of carbonyl (C=O) groups is 2. The van der Waals surface area contributed by atoms with E-state index in [0.717, 1.165) is 25.7 Å². The number of benzene rings is 1. The Morgan fingerprint density at radius 3 is 2.48 bits per heavy atom. The number of ether oxygens (including phenoxy) is 2. The molecule has 6 nitrogen and oxygen atoms in total. The van der Waals surface area contributed by atoms with E-state index in [0.29, 0.717) is 24.6 Å². The van der Waals surface area contributed by atoms with Crippen molar-refractivity contribution >= 4 is 11.8 Å². The van der Waals surface area contributed by atoms with Crippen molar-refractivity contribution in [1.82, 2.24) is 10.2 Å². The number of hydrogen-bond acceptors (Lipinski definition) is 4. The number of carbonyl (C=O) groups excluding carboxylic acids is 2. The highest BCUT2D eigenvalue weighted by atomic mass is 16.5. The molecule has 2 fully saturated rings. The van der Waals surface area contributed by atoms with E-state index in [-0.39, 0.29) is 30.4 Å². The maximum atomic E-state index is 12.4. The second kappa shape index (κ2) is 9.62. The van der Waals surface area contributed by atoms with Crippen LogP contribution in [0, 0.1) is 5.92 Å². The third-order valence-electron chi connectivity index (χ3n) is 5.57. The molecule has 0 unspecified atom stereocenters. The van der Waals surface area contributed by atoms with Gasteiger partial charge in [-0.3, -0.25) is 9.59 Å². The number of likely N-dealkylation sites (tertiary alicyclic amines) is 1. The molecule has 2 aliphatic rings. The van der Waals surface area contributed by atoms with Crippen molar-refractivity contribution in [3.05, 3.63) is 24.3 Å². The number of piperidine rings is 1. The zero-order valence-electron chi connectivity index (χ0n) is 16.1. The molecule has 1 saturated heterocycles. The number of nitrogens with zero attached hydrogens (tertiary/aromatic N) is 1. The fourth-order valence-corrected chi connectivity index (χ4v) is 3.88. The van der Waals surface area contributed by atoms with E-state index < -0.39 is 0 Å². The number of rotatable bonds is 6. The van der Waals surface area contributed by atoms with Crippen LogP contribution in [0.4, 0.5) is 0 Å². The molecule has 0 bridgehead atoms. The summed E-state index contributed by atoms with van der Waals surface area (Å²) in [6, 6.07) is 7.42. The first-order chi connectivity index (χ1) is 13.2. The van der Waals surface area contributed by atoms with E-state index >= 15 is 0 Å². The minimum Gasteiger partial charge on any atom is -0.497 e. The molecule has 1 saturated carbocycles. The molecule has 6 heteroatoms. The molecular weight excluding hydrogens is 344 g/mol. The van der Waals surface area contributed by atoms with Gasteiger partial charge in [0.2, 0.25) is 5.91 Å². The van der Waals surface area contributed by atoms with Crippen LogP contribution < -0.4 is 14.8 Å². The third kappa shape index (κ3) is 5.62. The van der Waals surface area contributed by atoms with Crippen LogP contribution >= 0.6 is 0 Å². The van der Waals surface area contributed by atoms with Crippen LogP contribution in [0.3, 0.4) is 0 Å². The molecular formula is C21H30N2O4. The van der Waals surface area contributed by atoms with Crippen molar-refractivity contribution in [2.24, 2.45) is 5.92 Å². The predicted octanol–water partition coefficient (Wildman–Crippen LogP) is 2.76. The van der Waals surface area contributed by atoms with Crippen molar-refractivity contribution in [3.63, 3.8) is 0 Å². The lowest BCUT2D eigenvalue weighted by Gasteiger charge is -2.33. The zero-order valence-corrected chi connectivity index (χ0v) is 16.1. The predicted molar refractivity (Wildman–Crippen MR) is 103 cm³/mol. The summed E-state index contributed by atoms with van der Waals surface area (Å²) in [7, 11) is 1.60. The Morgan fingerprint density at radius 2 is 1.78 bits per heavy atom. The molecule has 1 aliphatic heterocycles. The SMILES string of the molecule is COc1cccc(OCC(=O)N2CCC(NC(=O)C3CCCCC3)CC2)c1. The summed E-state index contributed by atoms with van der Waals surface area (Å²) in [6.45, 7) is 1.35. The molecule has 1 aromatic carbocycles. The average Bonchev–Trinajstić information content (AvgIpc) is 2.73. The van der Waals surface area contributed by atoms with Gasteiger partial charge in [0, 0.05) is 31.1 Å². The van der Waals surface area contributed by atoms with Gasteiger partial charge in [0.1, 0.15) is 11.5 Å². The molecule has 1 aliphatic carbocycles. The molecule has 1 heterocycles. The molecule has 3 rings (SSSR count). The van der Waals surface area contributed by atoms with Crippen molar-refractivity contribution in [2.75, 3.05) is 26.8 Å². The molecule has 1 N–H and O–H groups in total. The average molecular weight is 374 g/mol. The molecule has 27 heavy (non-hydrogen) atoms. The maximum Gasteiger partial charge on any atom is 0.260 e. The van der Waals surface area contributed by atoms with Gasteiger partial charge in [0.15, 0.2) is 6.61 Å². The largest absolute Gasteiger partial charge is 0.497 e. The monoisotopic (exact) mass is 374 g/mol. The van der Waals surface area contributed by atoms with Crippen LogP contribution in [-0.2, 0) is 9.59 Å². The standard InChI is InChI=1S/C21H30N2O4/c1-26-18-8-5-9-19(14-18)27-15-20(24)23-12-10-17(11-13-23)22-21(25)16-6-3-2-4-7-16/h5,8-9,14,16-17H,2-4,6-7,10-13,15H2,1H3,(H,22,25). The quantitative estimate of drug-likeness (QED) is 0.831. The van der Waals surface area contributed by atoms with Gasteiger partial charge in [0.05, 0.1) is 7.11 Å². The summed E-state index contributed by atoms with van der Waals surface area (Å²) in [5.74, 6) is 1.71. The molecule has 2 amide bonds. The Morgan fingerprint density at radius 1 is 1.07 bits per heavy atom. The van der Waals surface area contributed by atoms with E-state index in [1.807, 2.05) is 23.1 Å². The van der Waals surface area contributed by atoms with Crippen LogP contribution in [0.15, 0.2) is 24.3 Å². The minimum absolute atomic E-state index is 0.0186. The summed E-state index contributed by atoms with van der Waals surface area (Å²) in [5, 5.41) is 3.20. The van der Waals surface area contributed by atoms with Gasteiger partial charge in [-0.05, 0) is 37.8 Å². The van der Waals surface area contributed by atoms with Crippen LogP contribution in [0.1, 0.15) is 44.9 Å². The molecule has 0 atom stereocenters. The van der Waals surface area contributed by atoms with Gasteiger partial charge in [-0.15, -0.1) is 0 Å². The first kappa shape index (κ1) is 19.5. The highest BCUT2D eigenvalue weighted by molar-refractivity contribution is 5.79. The second-order valence-corrected chi connectivity index (χ2v) is 7.47. The second-order valence-electron chi connectivity index (χ2n) is 7.47. The van der Waals surface area contributed by atoms with Crippen LogP contribution in [0.25, 0.3) is 0 Å². The molecule has 0 radical (unpaired) electrons. The summed E-state index contributed by atoms with van der Waals surface area (Å²) in [6.07, 6.45) is 7.24. The Bertz CT molecular complexity index is 635. The molecule has 1 aromatic rings. The summed E-state index contributed by atoms with van der Waals surface area (Å²) in [4.78, 5) is 26.6. The fourth-order valence-electron chi connectivity index (χ4n) is 3.88. The van der Waals surface area contributed by atoms with Crippen molar-refractivity contribution < 1.29 is 19.1 Å². The Kier molecular flexibility index (Phi) is 6.96. The first-order valence-electron chi connectivity index (χ1n) is 10.0. The first-order valence-corrected chi connectivity index (χ1v) is 10.0. The Hall–Kier alpha value is -2.24. The van der Waals surface area contributed by atoms with Gasteiger partial charge in [-0.1, -0.05) is 25.3 Å². The molecule has 0 spiro atoms. The normalized spacial score (nSPS) is 18.8. The summed E-state index contributed by atoms with van der Waals surface area (Å²) < 4.78 is 10.7. The van der Waals surface area contributed by atoms with Gasteiger partial charge >= 0.3 is 0 Å².